The molecule has 0 spiro atoms. The number of carbonyl (C=O) groups excluding carboxylic acids is 2. The van der Waals surface area contributed by atoms with Crippen molar-refractivity contribution in [3.05, 3.63) is 47.5 Å². The van der Waals surface area contributed by atoms with Gasteiger partial charge in [-0.2, -0.15) is 0 Å². The van der Waals surface area contributed by atoms with E-state index in [-0.39, 0.29) is 17.1 Å². The molecule has 0 aliphatic carbocycles. The first-order valence-electron chi connectivity index (χ1n) is 8.21. The smallest absolute Gasteiger partial charge is 0.251 e. The molecule has 23 heavy (non-hydrogen) atoms. The lowest BCUT2D eigenvalue weighted by molar-refractivity contribution is -0.120. The van der Waals surface area contributed by atoms with Gasteiger partial charge in [0.05, 0.1) is 5.25 Å². The Morgan fingerprint density at radius 1 is 1.09 bits per heavy atom. The SMILES string of the molecule is O=C1NCCCCCC=CC2SC2C(=O)NCc2cccc1c2. The summed E-state index contributed by atoms with van der Waals surface area (Å²) in [5.74, 6) is 0.0454. The number of amides is 2. The van der Waals surface area contributed by atoms with Crippen LogP contribution in [0.15, 0.2) is 36.4 Å². The quantitative estimate of drug-likeness (QED) is 0.568. The molecule has 2 amide bonds. The molecule has 2 atom stereocenters. The van der Waals surface area contributed by atoms with Crippen LogP contribution in [0.4, 0.5) is 0 Å². The van der Waals surface area contributed by atoms with E-state index in [1.165, 1.54) is 0 Å². The maximum atomic E-state index is 12.1. The Balaban J connectivity index is 1.67. The molecule has 1 fully saturated rings. The molecular weight excluding hydrogens is 308 g/mol. The lowest BCUT2D eigenvalue weighted by Crippen LogP contribution is -2.28. The third-order valence-electron chi connectivity index (χ3n) is 4.10. The van der Waals surface area contributed by atoms with Crippen molar-refractivity contribution < 1.29 is 9.59 Å². The minimum absolute atomic E-state index is 0.0415. The van der Waals surface area contributed by atoms with Crippen molar-refractivity contribution in [1.29, 1.82) is 0 Å². The summed E-state index contributed by atoms with van der Waals surface area (Å²) >= 11 is 1.70. The first-order chi connectivity index (χ1) is 11.2. The molecule has 2 aliphatic rings. The zero-order valence-electron chi connectivity index (χ0n) is 13.1. The molecule has 1 aromatic carbocycles. The highest BCUT2D eigenvalue weighted by molar-refractivity contribution is 8.08. The molecule has 2 N–H and O–H groups in total. The summed E-state index contributed by atoms with van der Waals surface area (Å²) in [6.45, 7) is 1.18. The van der Waals surface area contributed by atoms with E-state index in [0.29, 0.717) is 23.9 Å². The predicted octanol–water partition coefficient (Wildman–Crippen LogP) is 2.65. The molecule has 2 heterocycles. The van der Waals surface area contributed by atoms with Crippen LogP contribution in [0.2, 0.25) is 0 Å². The average molecular weight is 330 g/mol. The minimum Gasteiger partial charge on any atom is -0.352 e. The Hall–Kier alpha value is -1.75. The fourth-order valence-electron chi connectivity index (χ4n) is 2.69. The summed E-state index contributed by atoms with van der Waals surface area (Å²) in [6, 6.07) is 7.46. The van der Waals surface area contributed by atoms with Gasteiger partial charge in [0.2, 0.25) is 5.91 Å². The monoisotopic (exact) mass is 330 g/mol. The normalized spacial score (nSPS) is 25.7. The van der Waals surface area contributed by atoms with Gasteiger partial charge in [-0.25, -0.2) is 0 Å². The number of nitrogens with one attached hydrogen (secondary N) is 2. The number of carbonyl (C=O) groups is 2. The maximum Gasteiger partial charge on any atom is 0.251 e. The van der Waals surface area contributed by atoms with Crippen LogP contribution >= 0.6 is 11.8 Å². The van der Waals surface area contributed by atoms with Gasteiger partial charge in [0.15, 0.2) is 0 Å². The molecule has 0 aromatic heterocycles. The molecule has 3 rings (SSSR count). The number of hydrogen-bond donors (Lipinski definition) is 2. The topological polar surface area (TPSA) is 58.2 Å². The van der Waals surface area contributed by atoms with Gasteiger partial charge in [0.25, 0.3) is 5.91 Å². The highest BCUT2D eigenvalue weighted by Crippen LogP contribution is 2.42. The summed E-state index contributed by atoms with van der Waals surface area (Å²) in [6.07, 6.45) is 8.61. The van der Waals surface area contributed by atoms with Gasteiger partial charge in [-0.1, -0.05) is 30.7 Å². The van der Waals surface area contributed by atoms with Crippen molar-refractivity contribution >= 4 is 23.6 Å². The average Bonchev–Trinajstić information content (AvgIpc) is 3.34. The van der Waals surface area contributed by atoms with Crippen LogP contribution < -0.4 is 10.6 Å². The number of allylic oxidation sites excluding steroid dienone is 1. The zero-order chi connectivity index (χ0) is 16.1. The Labute approximate surface area is 141 Å². The van der Waals surface area contributed by atoms with E-state index in [2.05, 4.69) is 22.8 Å². The van der Waals surface area contributed by atoms with Crippen LogP contribution in [-0.4, -0.2) is 28.9 Å². The van der Waals surface area contributed by atoms with Crippen molar-refractivity contribution in [3.63, 3.8) is 0 Å². The van der Waals surface area contributed by atoms with Gasteiger partial charge in [-0.3, -0.25) is 9.59 Å². The summed E-state index contributed by atoms with van der Waals surface area (Å²) in [4.78, 5) is 24.3. The van der Waals surface area contributed by atoms with Gasteiger partial charge in [-0.15, -0.1) is 11.8 Å². The third-order valence-corrected chi connectivity index (χ3v) is 5.33. The van der Waals surface area contributed by atoms with Crippen molar-refractivity contribution in [2.24, 2.45) is 0 Å². The van der Waals surface area contributed by atoms with Gasteiger partial charge in [-0.05, 0) is 37.0 Å². The summed E-state index contributed by atoms with van der Waals surface area (Å²) < 4.78 is 0. The van der Waals surface area contributed by atoms with E-state index in [1.54, 1.807) is 11.8 Å². The van der Waals surface area contributed by atoms with E-state index >= 15 is 0 Å². The Bertz CT molecular complexity index is 615. The predicted molar refractivity (Wildman–Crippen MR) is 93.4 cm³/mol. The molecule has 1 saturated heterocycles. The van der Waals surface area contributed by atoms with Crippen LogP contribution in [0.25, 0.3) is 0 Å². The summed E-state index contributed by atoms with van der Waals surface area (Å²) in [7, 11) is 0. The molecular formula is C18H22N2O2S. The van der Waals surface area contributed by atoms with Crippen LogP contribution in [0.3, 0.4) is 0 Å². The lowest BCUT2D eigenvalue weighted by Gasteiger charge is -2.08. The fraction of sp³-hybridized carbons (Fsp3) is 0.444. The van der Waals surface area contributed by atoms with Crippen LogP contribution in [0.1, 0.15) is 41.6 Å². The third kappa shape index (κ3) is 4.61. The Morgan fingerprint density at radius 2 is 2.00 bits per heavy atom. The Kier molecular flexibility index (Phi) is 5.39. The van der Waals surface area contributed by atoms with Crippen molar-refractivity contribution in [1.82, 2.24) is 10.6 Å². The van der Waals surface area contributed by atoms with Crippen molar-refractivity contribution in [3.8, 4) is 0 Å². The van der Waals surface area contributed by atoms with Gasteiger partial charge in [0.1, 0.15) is 0 Å². The number of hydrogen-bond acceptors (Lipinski definition) is 3. The summed E-state index contributed by atoms with van der Waals surface area (Å²) in [5.41, 5.74) is 1.61. The number of fused-ring (bicyclic) bond motifs is 3. The molecule has 122 valence electrons. The number of rotatable bonds is 0. The molecule has 4 nitrogen and oxygen atoms in total. The highest BCUT2D eigenvalue weighted by atomic mass is 32.2. The standard InChI is InChI=1S/C18H22N2O2S/c21-17-14-8-6-7-13(11-14)12-20-18(22)16-15(23-16)9-4-2-1-3-5-10-19-17/h4,6-9,11,15-16H,1-3,5,10,12H2,(H,19,21)(H,20,22). The minimum atomic E-state index is -0.0415. The van der Waals surface area contributed by atoms with E-state index in [4.69, 9.17) is 0 Å². The summed E-state index contributed by atoms with van der Waals surface area (Å²) in [5, 5.41) is 6.31. The largest absolute Gasteiger partial charge is 0.352 e. The molecule has 0 saturated carbocycles. The van der Waals surface area contributed by atoms with Crippen molar-refractivity contribution in [2.75, 3.05) is 6.54 Å². The van der Waals surface area contributed by atoms with E-state index in [0.717, 1.165) is 31.2 Å². The number of benzene rings is 1. The van der Waals surface area contributed by atoms with E-state index < -0.39 is 0 Å². The fourth-order valence-corrected chi connectivity index (χ4v) is 3.56. The molecule has 0 radical (unpaired) electrons. The Morgan fingerprint density at radius 3 is 2.91 bits per heavy atom. The molecule has 2 aliphatic heterocycles. The van der Waals surface area contributed by atoms with E-state index in [1.807, 2.05) is 24.3 Å². The van der Waals surface area contributed by atoms with Crippen LogP contribution in [0.5, 0.6) is 0 Å². The first-order valence-corrected chi connectivity index (χ1v) is 9.15. The second kappa shape index (κ2) is 7.68. The van der Waals surface area contributed by atoms with Gasteiger partial charge >= 0.3 is 0 Å². The lowest BCUT2D eigenvalue weighted by atomic mass is 10.1. The van der Waals surface area contributed by atoms with Crippen LogP contribution in [0, 0.1) is 0 Å². The van der Waals surface area contributed by atoms with Crippen molar-refractivity contribution in [2.45, 2.75) is 42.7 Å². The first kappa shape index (κ1) is 16.1. The molecule has 2 bridgehead atoms. The molecule has 1 aromatic rings. The number of thioether (sulfide) groups is 1. The van der Waals surface area contributed by atoms with Crippen LogP contribution in [-0.2, 0) is 11.3 Å². The second-order valence-corrected chi connectivity index (χ2v) is 7.30. The van der Waals surface area contributed by atoms with Gasteiger partial charge < -0.3 is 10.6 Å². The molecule has 5 heteroatoms. The second-order valence-electron chi connectivity index (χ2n) is 5.97. The zero-order valence-corrected chi connectivity index (χ0v) is 13.9. The molecule has 2 unspecified atom stereocenters. The maximum absolute atomic E-state index is 12.1. The van der Waals surface area contributed by atoms with Gasteiger partial charge in [0, 0.05) is 23.9 Å². The van der Waals surface area contributed by atoms with E-state index in [9.17, 15) is 9.59 Å². The highest BCUT2D eigenvalue weighted by Gasteiger charge is 2.42.